The number of aromatic nitrogens is 2. The Kier molecular flexibility index (Phi) is 4.74. The van der Waals surface area contributed by atoms with Gasteiger partial charge in [0, 0.05) is 57.3 Å². The molecule has 1 aromatic heterocycles. The molecule has 1 atom stereocenters. The Morgan fingerprint density at radius 1 is 1.42 bits per heavy atom. The van der Waals surface area contributed by atoms with Gasteiger partial charge < -0.3 is 14.4 Å². The first-order chi connectivity index (χ1) is 9.13. The van der Waals surface area contributed by atoms with Gasteiger partial charge in [0.2, 0.25) is 11.9 Å². The van der Waals surface area contributed by atoms with Crippen molar-refractivity contribution < 1.29 is 4.79 Å². The minimum Gasteiger partial charge on any atom is -0.339 e. The highest BCUT2D eigenvalue weighted by molar-refractivity contribution is 7.98. The summed E-state index contributed by atoms with van der Waals surface area (Å²) in [6.45, 7) is 5.34. The summed E-state index contributed by atoms with van der Waals surface area (Å²) in [5.41, 5.74) is 0. The van der Waals surface area contributed by atoms with Crippen LogP contribution in [0.2, 0.25) is 0 Å². The van der Waals surface area contributed by atoms with Gasteiger partial charge in [0.05, 0.1) is 0 Å². The number of piperazine rings is 1. The van der Waals surface area contributed by atoms with Crippen molar-refractivity contribution in [2.24, 2.45) is 13.0 Å². The smallest absolute Gasteiger partial charge is 0.226 e. The maximum atomic E-state index is 12.2. The Morgan fingerprint density at radius 3 is 2.63 bits per heavy atom. The molecule has 1 amide bonds. The fourth-order valence-corrected chi connectivity index (χ4v) is 3.06. The molecule has 2 heterocycles. The third-order valence-electron chi connectivity index (χ3n) is 3.51. The summed E-state index contributed by atoms with van der Waals surface area (Å²) >= 11 is 1.73. The number of amides is 1. The van der Waals surface area contributed by atoms with E-state index >= 15 is 0 Å². The predicted octanol–water partition coefficient (Wildman–Crippen LogP) is 1.07. The number of thioether (sulfide) groups is 1. The Labute approximate surface area is 119 Å². The zero-order valence-electron chi connectivity index (χ0n) is 11.9. The molecule has 0 bridgehead atoms. The average molecular weight is 282 g/mol. The SMILES string of the molecule is CSCC(C)C(=O)N1CCN(c2nccn2C)CC1. The number of hydrogen-bond donors (Lipinski definition) is 0. The second-order valence-corrected chi connectivity index (χ2v) is 5.92. The summed E-state index contributed by atoms with van der Waals surface area (Å²) in [5, 5.41) is 0. The van der Waals surface area contributed by atoms with Gasteiger partial charge in [-0.15, -0.1) is 0 Å². The minimum atomic E-state index is 0.120. The predicted molar refractivity (Wildman–Crippen MR) is 79.5 cm³/mol. The number of anilines is 1. The number of nitrogens with zero attached hydrogens (tertiary/aromatic N) is 4. The number of rotatable bonds is 4. The molecule has 106 valence electrons. The van der Waals surface area contributed by atoms with E-state index in [0.717, 1.165) is 37.9 Å². The molecule has 1 aromatic rings. The van der Waals surface area contributed by atoms with Crippen molar-refractivity contribution in [3.8, 4) is 0 Å². The molecule has 0 saturated carbocycles. The van der Waals surface area contributed by atoms with E-state index in [1.54, 1.807) is 11.8 Å². The monoisotopic (exact) mass is 282 g/mol. The lowest BCUT2D eigenvalue weighted by molar-refractivity contribution is -0.134. The molecule has 0 aromatic carbocycles. The van der Waals surface area contributed by atoms with Gasteiger partial charge in [-0.1, -0.05) is 6.92 Å². The lowest BCUT2D eigenvalue weighted by Crippen LogP contribution is -2.51. The number of hydrogen-bond acceptors (Lipinski definition) is 4. The molecule has 1 aliphatic rings. The number of carbonyl (C=O) groups is 1. The van der Waals surface area contributed by atoms with Gasteiger partial charge in [0.25, 0.3) is 0 Å². The normalized spacial score (nSPS) is 17.6. The molecule has 0 spiro atoms. The third-order valence-corrected chi connectivity index (χ3v) is 4.34. The van der Waals surface area contributed by atoms with Crippen LogP contribution in [-0.2, 0) is 11.8 Å². The highest BCUT2D eigenvalue weighted by Crippen LogP contribution is 2.15. The van der Waals surface area contributed by atoms with Crippen molar-refractivity contribution in [2.45, 2.75) is 6.92 Å². The number of carbonyl (C=O) groups excluding carboxylic acids is 1. The van der Waals surface area contributed by atoms with Crippen molar-refractivity contribution in [1.29, 1.82) is 0 Å². The molecule has 1 unspecified atom stereocenters. The van der Waals surface area contributed by atoms with Crippen LogP contribution in [0.1, 0.15) is 6.92 Å². The standard InChI is InChI=1S/C13H22N4OS/c1-11(10-19-3)12(18)16-6-8-17(9-7-16)13-14-4-5-15(13)2/h4-5,11H,6-10H2,1-3H3. The Morgan fingerprint density at radius 2 is 2.11 bits per heavy atom. The van der Waals surface area contributed by atoms with Crippen LogP contribution in [0.15, 0.2) is 12.4 Å². The summed E-state index contributed by atoms with van der Waals surface area (Å²) in [4.78, 5) is 20.8. The van der Waals surface area contributed by atoms with Crippen molar-refractivity contribution >= 4 is 23.6 Å². The Balaban J connectivity index is 1.89. The van der Waals surface area contributed by atoms with Crippen LogP contribution in [0.5, 0.6) is 0 Å². The van der Waals surface area contributed by atoms with Crippen molar-refractivity contribution in [2.75, 3.05) is 43.1 Å². The molecule has 2 rings (SSSR count). The van der Waals surface area contributed by atoms with E-state index in [2.05, 4.69) is 9.88 Å². The van der Waals surface area contributed by atoms with Crippen molar-refractivity contribution in [1.82, 2.24) is 14.5 Å². The van der Waals surface area contributed by atoms with Gasteiger partial charge in [-0.3, -0.25) is 4.79 Å². The summed E-state index contributed by atoms with van der Waals surface area (Å²) in [6, 6.07) is 0. The van der Waals surface area contributed by atoms with E-state index in [9.17, 15) is 4.79 Å². The van der Waals surface area contributed by atoms with Crippen LogP contribution in [0.25, 0.3) is 0 Å². The molecular weight excluding hydrogens is 260 g/mol. The summed E-state index contributed by atoms with van der Waals surface area (Å²) in [7, 11) is 2.00. The molecular formula is C13H22N4OS. The minimum absolute atomic E-state index is 0.120. The molecule has 0 N–H and O–H groups in total. The van der Waals surface area contributed by atoms with Gasteiger partial charge in [-0.05, 0) is 6.26 Å². The number of imidazole rings is 1. The highest BCUT2D eigenvalue weighted by Gasteiger charge is 2.25. The van der Waals surface area contributed by atoms with Crippen LogP contribution in [0, 0.1) is 5.92 Å². The largest absolute Gasteiger partial charge is 0.339 e. The van der Waals surface area contributed by atoms with Crippen LogP contribution in [-0.4, -0.2) is 58.5 Å². The molecule has 0 radical (unpaired) electrons. The number of aryl methyl sites for hydroxylation is 1. The van der Waals surface area contributed by atoms with Crippen LogP contribution in [0.4, 0.5) is 5.95 Å². The van der Waals surface area contributed by atoms with Crippen molar-refractivity contribution in [3.05, 3.63) is 12.4 Å². The van der Waals surface area contributed by atoms with E-state index in [-0.39, 0.29) is 11.8 Å². The zero-order chi connectivity index (χ0) is 13.8. The first-order valence-electron chi connectivity index (χ1n) is 6.63. The lowest BCUT2D eigenvalue weighted by atomic mass is 10.1. The van der Waals surface area contributed by atoms with Gasteiger partial charge in [0.1, 0.15) is 0 Å². The molecule has 1 saturated heterocycles. The lowest BCUT2D eigenvalue weighted by Gasteiger charge is -2.36. The van der Waals surface area contributed by atoms with Crippen LogP contribution >= 0.6 is 11.8 Å². The molecule has 1 aliphatic heterocycles. The van der Waals surface area contributed by atoms with Gasteiger partial charge in [-0.2, -0.15) is 11.8 Å². The third kappa shape index (κ3) is 3.23. The maximum absolute atomic E-state index is 12.2. The zero-order valence-corrected chi connectivity index (χ0v) is 12.7. The fraction of sp³-hybridized carbons (Fsp3) is 0.692. The topological polar surface area (TPSA) is 41.4 Å². The van der Waals surface area contributed by atoms with Crippen LogP contribution < -0.4 is 4.90 Å². The van der Waals surface area contributed by atoms with E-state index < -0.39 is 0 Å². The maximum Gasteiger partial charge on any atom is 0.226 e. The first-order valence-corrected chi connectivity index (χ1v) is 8.03. The fourth-order valence-electron chi connectivity index (χ4n) is 2.42. The molecule has 6 heteroatoms. The quantitative estimate of drug-likeness (QED) is 0.828. The molecule has 19 heavy (non-hydrogen) atoms. The Bertz CT molecular complexity index is 426. The van der Waals surface area contributed by atoms with E-state index in [0.29, 0.717) is 0 Å². The second-order valence-electron chi connectivity index (χ2n) is 5.01. The van der Waals surface area contributed by atoms with Crippen LogP contribution in [0.3, 0.4) is 0 Å². The van der Waals surface area contributed by atoms with E-state index in [1.165, 1.54) is 0 Å². The summed E-state index contributed by atoms with van der Waals surface area (Å²) in [6.07, 6.45) is 5.81. The van der Waals surface area contributed by atoms with Gasteiger partial charge in [0.15, 0.2) is 0 Å². The summed E-state index contributed by atoms with van der Waals surface area (Å²) < 4.78 is 2.02. The van der Waals surface area contributed by atoms with Gasteiger partial charge >= 0.3 is 0 Å². The highest BCUT2D eigenvalue weighted by atomic mass is 32.2. The average Bonchev–Trinajstić information content (AvgIpc) is 2.84. The summed E-state index contributed by atoms with van der Waals surface area (Å²) in [5.74, 6) is 2.30. The van der Waals surface area contributed by atoms with E-state index in [4.69, 9.17) is 0 Å². The molecule has 1 fully saturated rings. The first kappa shape index (κ1) is 14.2. The Hall–Kier alpha value is -1.17. The second kappa shape index (κ2) is 6.32. The molecule has 0 aliphatic carbocycles. The van der Waals surface area contributed by atoms with Gasteiger partial charge in [-0.25, -0.2) is 4.98 Å². The molecule has 5 nitrogen and oxygen atoms in total. The van der Waals surface area contributed by atoms with Crippen molar-refractivity contribution in [3.63, 3.8) is 0 Å². The van der Waals surface area contributed by atoms with E-state index in [1.807, 2.05) is 42.1 Å².